The number of nitrogens with one attached hydrogen (secondary N) is 1. The molecule has 1 heterocycles. The average molecular weight is 389 g/mol. The van der Waals surface area contributed by atoms with Crippen molar-refractivity contribution in [2.45, 2.75) is 10.3 Å². The van der Waals surface area contributed by atoms with Crippen molar-refractivity contribution in [3.63, 3.8) is 0 Å². The number of anilines is 1. The first-order valence-corrected chi connectivity index (χ1v) is 9.56. The molecule has 1 amide bonds. The Hall–Kier alpha value is -3.25. The van der Waals surface area contributed by atoms with Gasteiger partial charge < -0.3 is 5.32 Å². The molecule has 1 N–H and O–H groups in total. The number of carbonyl (C=O) groups excluding carboxylic acids is 1. The maximum Gasteiger partial charge on any atom is 0.242 e. The van der Waals surface area contributed by atoms with Crippen molar-refractivity contribution in [2.75, 3.05) is 5.32 Å². The molecule has 0 radical (unpaired) electrons. The van der Waals surface area contributed by atoms with E-state index in [2.05, 4.69) is 15.3 Å². The molecule has 138 valence electrons. The van der Waals surface area contributed by atoms with Gasteiger partial charge in [0, 0.05) is 11.1 Å². The quantitative estimate of drug-likeness (QED) is 0.375. The van der Waals surface area contributed by atoms with Crippen molar-refractivity contribution >= 4 is 34.3 Å². The van der Waals surface area contributed by atoms with Gasteiger partial charge in [0.1, 0.15) is 22.4 Å². The molecule has 1 unspecified atom stereocenters. The highest BCUT2D eigenvalue weighted by Crippen LogP contribution is 2.37. The first-order valence-electron chi connectivity index (χ1n) is 8.68. The van der Waals surface area contributed by atoms with E-state index in [1.54, 1.807) is 12.1 Å². The number of nitrogens with zero attached hydrogens (tertiary/aromatic N) is 2. The van der Waals surface area contributed by atoms with E-state index in [4.69, 9.17) is 0 Å². The average Bonchev–Trinajstić information content (AvgIpc) is 2.74. The van der Waals surface area contributed by atoms with Gasteiger partial charge in [-0.3, -0.25) is 4.79 Å². The number of thioether (sulfide) groups is 1. The van der Waals surface area contributed by atoms with E-state index in [1.165, 1.54) is 30.2 Å². The Balaban J connectivity index is 1.67. The third-order valence-electron chi connectivity index (χ3n) is 4.19. The predicted molar refractivity (Wildman–Crippen MR) is 110 cm³/mol. The molecular weight excluding hydrogens is 373 g/mol. The largest absolute Gasteiger partial charge is 0.325 e. The van der Waals surface area contributed by atoms with Crippen LogP contribution in [0, 0.1) is 5.82 Å². The monoisotopic (exact) mass is 389 g/mol. The molecule has 4 rings (SSSR count). The lowest BCUT2D eigenvalue weighted by atomic mass is 10.1. The minimum Gasteiger partial charge on any atom is -0.325 e. The van der Waals surface area contributed by atoms with E-state index in [9.17, 15) is 9.18 Å². The van der Waals surface area contributed by atoms with Crippen LogP contribution in [0.3, 0.4) is 0 Å². The zero-order chi connectivity index (χ0) is 19.3. The van der Waals surface area contributed by atoms with Crippen LogP contribution in [-0.4, -0.2) is 15.9 Å². The minimum atomic E-state index is -0.524. The van der Waals surface area contributed by atoms with Crippen LogP contribution in [0.2, 0.25) is 0 Å². The minimum absolute atomic E-state index is 0.203. The summed E-state index contributed by atoms with van der Waals surface area (Å²) in [5, 5.41) is 3.97. The summed E-state index contributed by atoms with van der Waals surface area (Å²) in [6, 6.07) is 22.9. The number of hydrogen-bond donors (Lipinski definition) is 1. The lowest BCUT2D eigenvalue weighted by molar-refractivity contribution is -0.115. The fourth-order valence-corrected chi connectivity index (χ4v) is 3.92. The fourth-order valence-electron chi connectivity index (χ4n) is 2.83. The number of benzene rings is 3. The predicted octanol–water partition coefficient (Wildman–Crippen LogP) is 5.24. The molecule has 1 atom stereocenters. The topological polar surface area (TPSA) is 54.9 Å². The Morgan fingerprint density at radius 3 is 2.39 bits per heavy atom. The van der Waals surface area contributed by atoms with Crippen LogP contribution in [0.1, 0.15) is 10.8 Å². The first-order chi connectivity index (χ1) is 13.7. The third-order valence-corrected chi connectivity index (χ3v) is 5.46. The zero-order valence-corrected chi connectivity index (χ0v) is 15.6. The van der Waals surface area contributed by atoms with Gasteiger partial charge in [-0.15, -0.1) is 0 Å². The number of amides is 1. The van der Waals surface area contributed by atoms with E-state index in [0.29, 0.717) is 5.69 Å². The van der Waals surface area contributed by atoms with Gasteiger partial charge in [-0.1, -0.05) is 60.3 Å². The molecule has 0 aliphatic rings. The van der Waals surface area contributed by atoms with Crippen LogP contribution >= 0.6 is 11.8 Å². The summed E-state index contributed by atoms with van der Waals surface area (Å²) in [6.45, 7) is 0. The van der Waals surface area contributed by atoms with Crippen LogP contribution in [0.4, 0.5) is 10.1 Å². The van der Waals surface area contributed by atoms with Gasteiger partial charge in [0.15, 0.2) is 0 Å². The van der Waals surface area contributed by atoms with E-state index in [0.717, 1.165) is 21.5 Å². The maximum absolute atomic E-state index is 13.2. The van der Waals surface area contributed by atoms with Gasteiger partial charge in [0.25, 0.3) is 0 Å². The third kappa shape index (κ3) is 4.02. The van der Waals surface area contributed by atoms with Gasteiger partial charge in [0.05, 0.1) is 5.52 Å². The molecule has 4 nitrogen and oxygen atoms in total. The molecule has 0 aliphatic heterocycles. The summed E-state index contributed by atoms with van der Waals surface area (Å²) in [7, 11) is 0. The van der Waals surface area contributed by atoms with E-state index < -0.39 is 5.25 Å². The van der Waals surface area contributed by atoms with Crippen LogP contribution in [0.15, 0.2) is 90.2 Å². The molecule has 6 heteroatoms. The van der Waals surface area contributed by atoms with E-state index >= 15 is 0 Å². The highest BCUT2D eigenvalue weighted by Gasteiger charge is 2.24. The number of para-hydroxylation sites is 1. The Bertz CT molecular complexity index is 1100. The van der Waals surface area contributed by atoms with Crippen LogP contribution in [-0.2, 0) is 4.79 Å². The second-order valence-electron chi connectivity index (χ2n) is 6.10. The van der Waals surface area contributed by atoms with Crippen molar-refractivity contribution in [3.8, 4) is 0 Å². The molecule has 0 fully saturated rings. The summed E-state index contributed by atoms with van der Waals surface area (Å²) < 4.78 is 13.2. The van der Waals surface area contributed by atoms with E-state index in [-0.39, 0.29) is 11.7 Å². The first kappa shape index (κ1) is 18.1. The lowest BCUT2D eigenvalue weighted by Gasteiger charge is -2.17. The molecule has 0 bridgehead atoms. The lowest BCUT2D eigenvalue weighted by Crippen LogP contribution is -2.19. The Morgan fingerprint density at radius 1 is 0.893 bits per heavy atom. The van der Waals surface area contributed by atoms with Gasteiger partial charge >= 0.3 is 0 Å². The Kier molecular flexibility index (Phi) is 5.30. The van der Waals surface area contributed by atoms with Crippen molar-refractivity contribution in [1.82, 2.24) is 9.97 Å². The maximum atomic E-state index is 13.2. The summed E-state index contributed by atoms with van der Waals surface area (Å²) in [5.74, 6) is -0.551. The number of rotatable bonds is 5. The van der Waals surface area contributed by atoms with Crippen LogP contribution in [0.25, 0.3) is 10.9 Å². The van der Waals surface area contributed by atoms with Gasteiger partial charge in [-0.2, -0.15) is 0 Å². The standard InChI is InChI=1S/C22H16FN3OS/c23-16-10-12-17(13-11-16)26-21(27)20(15-6-2-1-3-7-15)28-22-18-8-4-5-9-19(18)24-14-25-22/h1-14,20H,(H,26,27). The van der Waals surface area contributed by atoms with E-state index in [1.807, 2.05) is 54.6 Å². The second kappa shape index (κ2) is 8.19. The Morgan fingerprint density at radius 2 is 1.61 bits per heavy atom. The number of fused-ring (bicyclic) bond motifs is 1. The van der Waals surface area contributed by atoms with Gasteiger partial charge in [-0.25, -0.2) is 14.4 Å². The van der Waals surface area contributed by atoms with Crippen molar-refractivity contribution in [2.24, 2.45) is 0 Å². The molecule has 0 saturated heterocycles. The number of halogens is 1. The summed E-state index contributed by atoms with van der Waals surface area (Å²) in [5.41, 5.74) is 2.22. The molecular formula is C22H16FN3OS. The van der Waals surface area contributed by atoms with Crippen molar-refractivity contribution in [3.05, 3.63) is 96.6 Å². The second-order valence-corrected chi connectivity index (χ2v) is 7.19. The highest BCUT2D eigenvalue weighted by atomic mass is 32.2. The summed E-state index contributed by atoms with van der Waals surface area (Å²) in [6.07, 6.45) is 1.50. The molecule has 4 aromatic rings. The molecule has 0 spiro atoms. The molecule has 3 aromatic carbocycles. The van der Waals surface area contributed by atoms with Gasteiger partial charge in [0.2, 0.25) is 5.91 Å². The molecule has 0 saturated carbocycles. The van der Waals surface area contributed by atoms with Gasteiger partial charge in [-0.05, 0) is 35.9 Å². The zero-order valence-electron chi connectivity index (χ0n) is 14.7. The SMILES string of the molecule is O=C(Nc1ccc(F)cc1)C(Sc1ncnc2ccccc12)c1ccccc1. The number of aromatic nitrogens is 2. The number of hydrogen-bond acceptors (Lipinski definition) is 4. The van der Waals surface area contributed by atoms with Crippen molar-refractivity contribution in [1.29, 1.82) is 0 Å². The summed E-state index contributed by atoms with van der Waals surface area (Å²) in [4.78, 5) is 21.7. The highest BCUT2D eigenvalue weighted by molar-refractivity contribution is 8.00. The Labute approximate surface area is 165 Å². The summed E-state index contributed by atoms with van der Waals surface area (Å²) >= 11 is 1.36. The van der Waals surface area contributed by atoms with Crippen LogP contribution in [0.5, 0.6) is 0 Å². The molecule has 1 aromatic heterocycles. The normalized spacial score (nSPS) is 11.9. The molecule has 0 aliphatic carbocycles. The fraction of sp³-hybridized carbons (Fsp3) is 0.0455. The van der Waals surface area contributed by atoms with Crippen LogP contribution < -0.4 is 5.32 Å². The smallest absolute Gasteiger partial charge is 0.242 e. The molecule has 28 heavy (non-hydrogen) atoms. The van der Waals surface area contributed by atoms with Crippen molar-refractivity contribution < 1.29 is 9.18 Å². The number of carbonyl (C=O) groups is 1.